The van der Waals surface area contributed by atoms with Crippen molar-refractivity contribution in [2.75, 3.05) is 19.7 Å². The first-order valence-electron chi connectivity index (χ1n) is 10.6. The molecule has 3 heterocycles. The number of benzene rings is 1. The molecule has 11 heteroatoms. The number of aromatic nitrogens is 2. The van der Waals surface area contributed by atoms with Gasteiger partial charge < -0.3 is 15.2 Å². The second-order valence-corrected chi connectivity index (χ2v) is 8.35. The van der Waals surface area contributed by atoms with Crippen LogP contribution in [0.5, 0.6) is 0 Å². The van der Waals surface area contributed by atoms with E-state index in [0.717, 1.165) is 38.9 Å². The van der Waals surface area contributed by atoms with Crippen molar-refractivity contribution in [3.8, 4) is 0 Å². The molecule has 1 aromatic carbocycles. The molecule has 2 aromatic rings. The van der Waals surface area contributed by atoms with Gasteiger partial charge in [-0.05, 0) is 24.8 Å². The van der Waals surface area contributed by atoms with Crippen LogP contribution in [0.15, 0.2) is 42.7 Å². The first-order valence-corrected chi connectivity index (χ1v) is 10.6. The predicted molar refractivity (Wildman–Crippen MR) is 112 cm³/mol. The number of hydrogen-bond donors (Lipinski definition) is 2. The first kappa shape index (κ1) is 24.7. The molecule has 2 saturated heterocycles. The van der Waals surface area contributed by atoms with Crippen molar-refractivity contribution in [3.63, 3.8) is 0 Å². The molecule has 1 spiro atoms. The summed E-state index contributed by atoms with van der Waals surface area (Å²) in [7, 11) is 1.82. The Morgan fingerprint density at radius 1 is 1.30 bits per heavy atom. The number of carboxylic acids is 1. The van der Waals surface area contributed by atoms with E-state index in [1.165, 1.54) is 5.56 Å². The van der Waals surface area contributed by atoms with Crippen LogP contribution in [0.4, 0.5) is 13.2 Å². The van der Waals surface area contributed by atoms with Crippen molar-refractivity contribution < 1.29 is 32.6 Å². The molecule has 2 atom stereocenters. The minimum atomic E-state index is -5.08. The van der Waals surface area contributed by atoms with E-state index in [-0.39, 0.29) is 17.6 Å². The van der Waals surface area contributed by atoms with Gasteiger partial charge in [0.1, 0.15) is 0 Å². The average Bonchev–Trinajstić information content (AvgIpc) is 3.35. The number of halogens is 3. The number of nitrogens with zero attached hydrogens (tertiary/aromatic N) is 3. The highest BCUT2D eigenvalue weighted by atomic mass is 19.4. The lowest BCUT2D eigenvalue weighted by molar-refractivity contribution is -0.192. The van der Waals surface area contributed by atoms with Crippen molar-refractivity contribution in [2.45, 2.75) is 43.6 Å². The highest BCUT2D eigenvalue weighted by Crippen LogP contribution is 2.35. The maximum absolute atomic E-state index is 12.4. The van der Waals surface area contributed by atoms with E-state index in [2.05, 4.69) is 45.6 Å². The zero-order chi connectivity index (χ0) is 24.1. The lowest BCUT2D eigenvalue weighted by atomic mass is 9.89. The van der Waals surface area contributed by atoms with E-state index in [4.69, 9.17) is 14.6 Å². The predicted octanol–water partition coefficient (Wildman–Crippen LogP) is 2.61. The Labute approximate surface area is 189 Å². The van der Waals surface area contributed by atoms with E-state index >= 15 is 0 Å². The molecule has 0 radical (unpaired) electrons. The van der Waals surface area contributed by atoms with Gasteiger partial charge in [0.05, 0.1) is 17.4 Å². The van der Waals surface area contributed by atoms with Gasteiger partial charge in [-0.25, -0.2) is 4.79 Å². The number of carboxylic acid groups (broad SMARTS) is 1. The van der Waals surface area contributed by atoms with Gasteiger partial charge >= 0.3 is 12.1 Å². The molecule has 0 unspecified atom stereocenters. The van der Waals surface area contributed by atoms with Gasteiger partial charge in [-0.2, -0.15) is 18.3 Å². The summed E-state index contributed by atoms with van der Waals surface area (Å²) in [5.41, 5.74) is 1.83. The van der Waals surface area contributed by atoms with Gasteiger partial charge in [-0.3, -0.25) is 14.4 Å². The number of aryl methyl sites for hydroxylation is 1. The number of nitrogens with one attached hydrogen (secondary N) is 1. The maximum atomic E-state index is 12.4. The van der Waals surface area contributed by atoms with Crippen LogP contribution in [-0.2, 0) is 23.1 Å². The summed E-state index contributed by atoms with van der Waals surface area (Å²) in [4.78, 5) is 23.8. The molecule has 0 bridgehead atoms. The van der Waals surface area contributed by atoms with Crippen LogP contribution in [0.2, 0.25) is 0 Å². The lowest BCUT2D eigenvalue weighted by Crippen LogP contribution is -2.49. The summed E-state index contributed by atoms with van der Waals surface area (Å²) in [6, 6.07) is 10.7. The largest absolute Gasteiger partial charge is 0.490 e. The van der Waals surface area contributed by atoms with Crippen LogP contribution in [0.1, 0.15) is 35.2 Å². The van der Waals surface area contributed by atoms with Crippen molar-refractivity contribution in [3.05, 3.63) is 53.9 Å². The zero-order valence-electron chi connectivity index (χ0n) is 18.2. The Morgan fingerprint density at radius 3 is 2.61 bits per heavy atom. The van der Waals surface area contributed by atoms with Gasteiger partial charge in [-0.1, -0.05) is 30.3 Å². The third kappa shape index (κ3) is 7.03. The van der Waals surface area contributed by atoms with Crippen LogP contribution in [0.25, 0.3) is 0 Å². The summed E-state index contributed by atoms with van der Waals surface area (Å²) in [5, 5.41) is 14.4. The lowest BCUT2D eigenvalue weighted by Gasteiger charge is -2.38. The smallest absolute Gasteiger partial charge is 0.475 e. The third-order valence-corrected chi connectivity index (χ3v) is 5.68. The fraction of sp³-hybridized carbons (Fsp3) is 0.500. The van der Waals surface area contributed by atoms with Gasteiger partial charge in [0.2, 0.25) is 0 Å². The van der Waals surface area contributed by atoms with Crippen molar-refractivity contribution in [1.82, 2.24) is 20.0 Å². The Hall–Kier alpha value is -2.92. The molecule has 8 nitrogen and oxygen atoms in total. The van der Waals surface area contributed by atoms with Crippen molar-refractivity contribution >= 4 is 11.9 Å². The summed E-state index contributed by atoms with van der Waals surface area (Å²) in [5.74, 6) is -2.80. The fourth-order valence-corrected chi connectivity index (χ4v) is 4.15. The van der Waals surface area contributed by atoms with Crippen LogP contribution >= 0.6 is 0 Å². The van der Waals surface area contributed by atoms with E-state index in [1.807, 2.05) is 7.05 Å². The maximum Gasteiger partial charge on any atom is 0.490 e. The average molecular weight is 468 g/mol. The number of hydrogen-bond acceptors (Lipinski definition) is 5. The van der Waals surface area contributed by atoms with E-state index in [9.17, 15) is 18.0 Å². The first-order chi connectivity index (χ1) is 15.6. The number of rotatable bonds is 4. The molecular formula is C22H27F3N4O4. The summed E-state index contributed by atoms with van der Waals surface area (Å²) in [6.07, 6.45) is 1.05. The number of amides is 1. The number of ether oxygens (including phenoxy) is 1. The summed E-state index contributed by atoms with van der Waals surface area (Å²) >= 11 is 0. The number of carbonyl (C=O) groups is 2. The highest BCUT2D eigenvalue weighted by Gasteiger charge is 2.43. The Balaban J connectivity index is 0.000000383. The molecule has 1 amide bonds. The SMILES string of the molecule is Cn1cc(C(=O)N[C@@H]2CCO[C@]3(CCN(Cc4ccccc4)C3)C2)cn1.O=C(O)C(F)(F)F. The molecule has 2 fully saturated rings. The minimum Gasteiger partial charge on any atom is -0.475 e. The monoisotopic (exact) mass is 468 g/mol. The molecule has 2 aliphatic heterocycles. The molecule has 4 rings (SSSR count). The van der Waals surface area contributed by atoms with E-state index in [0.29, 0.717) is 12.2 Å². The van der Waals surface area contributed by atoms with Crippen LogP contribution in [0, 0.1) is 0 Å². The third-order valence-electron chi connectivity index (χ3n) is 5.68. The van der Waals surface area contributed by atoms with Crippen LogP contribution < -0.4 is 5.32 Å². The molecule has 0 aliphatic carbocycles. The second kappa shape index (κ2) is 10.3. The quantitative estimate of drug-likeness (QED) is 0.716. The van der Waals surface area contributed by atoms with Crippen molar-refractivity contribution in [1.29, 1.82) is 0 Å². The van der Waals surface area contributed by atoms with Gasteiger partial charge in [0.15, 0.2) is 0 Å². The molecule has 2 aliphatic rings. The number of alkyl halides is 3. The fourth-order valence-electron chi connectivity index (χ4n) is 4.15. The Kier molecular flexibility index (Phi) is 7.75. The molecule has 1 aromatic heterocycles. The molecule has 2 N–H and O–H groups in total. The van der Waals surface area contributed by atoms with Gasteiger partial charge in [-0.15, -0.1) is 0 Å². The minimum absolute atomic E-state index is 0.0423. The Morgan fingerprint density at radius 2 is 2.00 bits per heavy atom. The van der Waals surface area contributed by atoms with Gasteiger partial charge in [0.25, 0.3) is 5.91 Å². The number of aliphatic carboxylic acids is 1. The summed E-state index contributed by atoms with van der Waals surface area (Å²) < 4.78 is 39.6. The topological polar surface area (TPSA) is 96.7 Å². The molecular weight excluding hydrogens is 441 g/mol. The zero-order valence-corrected chi connectivity index (χ0v) is 18.2. The van der Waals surface area contributed by atoms with Gasteiger partial charge in [0, 0.05) is 45.5 Å². The molecule has 33 heavy (non-hydrogen) atoms. The van der Waals surface area contributed by atoms with Crippen LogP contribution in [0.3, 0.4) is 0 Å². The highest BCUT2D eigenvalue weighted by molar-refractivity contribution is 5.93. The number of carbonyl (C=O) groups excluding carboxylic acids is 1. The van der Waals surface area contributed by atoms with Crippen LogP contribution in [-0.4, -0.2) is 69.2 Å². The normalized spacial score (nSPS) is 23.1. The molecule has 0 saturated carbocycles. The Bertz CT molecular complexity index is 951. The van der Waals surface area contributed by atoms with E-state index < -0.39 is 12.1 Å². The second-order valence-electron chi connectivity index (χ2n) is 8.35. The molecule has 180 valence electrons. The summed E-state index contributed by atoms with van der Waals surface area (Å²) in [6.45, 7) is 3.63. The standard InChI is InChI=1S/C20H26N4O2.C2HF3O2/c1-23-14-17(12-21-23)19(25)22-18-7-10-26-20(11-18)8-9-24(15-20)13-16-5-3-2-4-6-16;3-2(4,5)1(6)7/h2-6,12,14,18H,7-11,13,15H2,1H3,(H,22,25);(H,6,7)/t18-,20-;/m1./s1. The van der Waals surface area contributed by atoms with E-state index in [1.54, 1.807) is 17.1 Å². The number of likely N-dealkylation sites (tertiary alicyclic amines) is 1. The van der Waals surface area contributed by atoms with Crippen molar-refractivity contribution in [2.24, 2.45) is 7.05 Å².